The molecule has 0 aromatic rings. The van der Waals surface area contributed by atoms with Crippen molar-refractivity contribution >= 4 is 11.6 Å². The van der Waals surface area contributed by atoms with E-state index in [0.717, 1.165) is 0 Å². The monoisotopic (exact) mass is 140 g/mol. The van der Waals surface area contributed by atoms with Crippen LogP contribution in [0.3, 0.4) is 0 Å². The molecule has 56 valence electrons. The van der Waals surface area contributed by atoms with Gasteiger partial charge < -0.3 is 0 Å². The lowest BCUT2D eigenvalue weighted by Gasteiger charge is -1.89. The highest BCUT2D eigenvalue weighted by molar-refractivity contribution is 6.36. The van der Waals surface area contributed by atoms with Crippen LogP contribution in [0.4, 0.5) is 0 Å². The first-order chi connectivity index (χ1) is 4.68. The molecule has 0 rings (SSSR count). The van der Waals surface area contributed by atoms with Gasteiger partial charge >= 0.3 is 0 Å². The molecular weight excluding hydrogens is 128 g/mol. The van der Waals surface area contributed by atoms with E-state index < -0.39 is 0 Å². The summed E-state index contributed by atoms with van der Waals surface area (Å²) in [6, 6.07) is 0. The molecule has 0 heterocycles. The minimum atomic E-state index is -0.343. The summed E-state index contributed by atoms with van der Waals surface area (Å²) in [5, 5.41) is 0. The fraction of sp³-hybridized carbons (Fsp3) is 0.500. The second kappa shape index (κ2) is 4.91. The predicted octanol–water partition coefficient (Wildman–Crippen LogP) is 1.50. The Balaban J connectivity index is 3.50. The molecule has 0 aromatic carbocycles. The van der Waals surface area contributed by atoms with E-state index in [1.807, 2.05) is 19.1 Å². The lowest BCUT2D eigenvalue weighted by Crippen LogP contribution is -2.07. The zero-order valence-electron chi connectivity index (χ0n) is 6.39. The van der Waals surface area contributed by atoms with E-state index in [9.17, 15) is 9.59 Å². The molecule has 0 aliphatic heterocycles. The minimum absolute atomic E-state index is 0.280. The van der Waals surface area contributed by atoms with Crippen LogP contribution in [0, 0.1) is 0 Å². The van der Waals surface area contributed by atoms with E-state index in [0.29, 0.717) is 12.8 Å². The third-order valence-electron chi connectivity index (χ3n) is 1.17. The molecule has 0 saturated heterocycles. The van der Waals surface area contributed by atoms with E-state index in [-0.39, 0.29) is 11.6 Å². The summed E-state index contributed by atoms with van der Waals surface area (Å²) < 4.78 is 0. The van der Waals surface area contributed by atoms with Crippen LogP contribution in [0.15, 0.2) is 12.2 Å². The van der Waals surface area contributed by atoms with Gasteiger partial charge in [-0.1, -0.05) is 12.2 Å². The molecule has 0 aliphatic rings. The number of rotatable bonds is 4. The maximum atomic E-state index is 10.6. The molecule has 2 heteroatoms. The van der Waals surface area contributed by atoms with Gasteiger partial charge in [0.25, 0.3) is 0 Å². The first-order valence-corrected chi connectivity index (χ1v) is 3.33. The van der Waals surface area contributed by atoms with Crippen LogP contribution in [0.1, 0.15) is 26.7 Å². The molecule has 0 saturated carbocycles. The fourth-order valence-corrected chi connectivity index (χ4v) is 0.557. The highest BCUT2D eigenvalue weighted by atomic mass is 16.2. The van der Waals surface area contributed by atoms with Gasteiger partial charge in [0.15, 0.2) is 11.6 Å². The summed E-state index contributed by atoms with van der Waals surface area (Å²) in [6.45, 7) is 3.19. The zero-order chi connectivity index (χ0) is 7.98. The summed E-state index contributed by atoms with van der Waals surface area (Å²) in [4.78, 5) is 21.0. The molecule has 0 amide bonds. The molecule has 0 bridgehead atoms. The number of carbonyl (C=O) groups is 2. The van der Waals surface area contributed by atoms with Gasteiger partial charge in [0.1, 0.15) is 0 Å². The Bertz CT molecular complexity index is 157. The average Bonchev–Trinajstić information content (AvgIpc) is 1.88. The van der Waals surface area contributed by atoms with Crippen LogP contribution in [0.2, 0.25) is 0 Å². The van der Waals surface area contributed by atoms with Gasteiger partial charge in [0, 0.05) is 13.3 Å². The lowest BCUT2D eigenvalue weighted by atomic mass is 10.1. The molecule has 0 radical (unpaired) electrons. The Kier molecular flexibility index (Phi) is 4.46. The highest BCUT2D eigenvalue weighted by Crippen LogP contribution is 1.92. The molecule has 0 fully saturated rings. The molecule has 2 nitrogen and oxygen atoms in total. The van der Waals surface area contributed by atoms with Crippen LogP contribution in [0.5, 0.6) is 0 Å². The van der Waals surface area contributed by atoms with Crippen molar-refractivity contribution in [2.75, 3.05) is 0 Å². The van der Waals surface area contributed by atoms with Crippen molar-refractivity contribution in [3.8, 4) is 0 Å². The number of hydrogen-bond donors (Lipinski definition) is 0. The summed E-state index contributed by atoms with van der Waals surface area (Å²) in [7, 11) is 0. The number of carbonyl (C=O) groups excluding carboxylic acids is 2. The van der Waals surface area contributed by atoms with Crippen molar-refractivity contribution in [2.45, 2.75) is 26.7 Å². The number of ketones is 2. The van der Waals surface area contributed by atoms with Crippen molar-refractivity contribution in [3.63, 3.8) is 0 Å². The van der Waals surface area contributed by atoms with Crippen molar-refractivity contribution < 1.29 is 9.59 Å². The molecule has 0 aliphatic carbocycles. The fourth-order valence-electron chi connectivity index (χ4n) is 0.557. The second-order valence-electron chi connectivity index (χ2n) is 2.09. The van der Waals surface area contributed by atoms with E-state index in [1.54, 1.807) is 0 Å². The summed E-state index contributed by atoms with van der Waals surface area (Å²) in [6.07, 6.45) is 4.77. The minimum Gasteiger partial charge on any atom is -0.291 e. The molecular formula is C8H12O2. The maximum absolute atomic E-state index is 10.6. The number of hydrogen-bond acceptors (Lipinski definition) is 2. The summed E-state index contributed by atoms with van der Waals surface area (Å²) in [5.74, 6) is -0.623. The lowest BCUT2D eigenvalue weighted by molar-refractivity contribution is -0.135. The molecule has 0 N–H and O–H groups in total. The first kappa shape index (κ1) is 9.08. The largest absolute Gasteiger partial charge is 0.291 e. The Morgan fingerprint density at radius 3 is 2.40 bits per heavy atom. The Morgan fingerprint density at radius 2 is 2.00 bits per heavy atom. The van der Waals surface area contributed by atoms with E-state index in [2.05, 4.69) is 0 Å². The Hall–Kier alpha value is -0.920. The van der Waals surface area contributed by atoms with Gasteiger partial charge in [-0.25, -0.2) is 0 Å². The third-order valence-corrected chi connectivity index (χ3v) is 1.17. The molecule has 0 unspecified atom stereocenters. The number of Topliss-reactive ketones (excluding diaryl/α,β-unsaturated/α-hetero) is 2. The van der Waals surface area contributed by atoms with Crippen molar-refractivity contribution in [1.82, 2.24) is 0 Å². The van der Waals surface area contributed by atoms with Crippen molar-refractivity contribution in [2.24, 2.45) is 0 Å². The highest BCUT2D eigenvalue weighted by Gasteiger charge is 2.04. The smallest absolute Gasteiger partial charge is 0.198 e. The van der Waals surface area contributed by atoms with Gasteiger partial charge in [-0.2, -0.15) is 0 Å². The molecule has 0 aromatic heterocycles. The predicted molar refractivity (Wildman–Crippen MR) is 39.7 cm³/mol. The van der Waals surface area contributed by atoms with Crippen molar-refractivity contribution in [1.29, 1.82) is 0 Å². The summed E-state index contributed by atoms with van der Waals surface area (Å²) in [5.41, 5.74) is 0. The SMILES string of the molecule is CC=CCCC(=O)C(C)=O. The standard InChI is InChI=1S/C8H12O2/c1-3-4-5-6-8(10)7(2)9/h3-4H,5-6H2,1-2H3. The quantitative estimate of drug-likeness (QED) is 0.438. The normalized spacial score (nSPS) is 10.2. The van der Waals surface area contributed by atoms with Gasteiger partial charge in [0.2, 0.25) is 0 Å². The Morgan fingerprint density at radius 1 is 1.40 bits per heavy atom. The van der Waals surface area contributed by atoms with Crippen LogP contribution < -0.4 is 0 Å². The zero-order valence-corrected chi connectivity index (χ0v) is 6.39. The van der Waals surface area contributed by atoms with E-state index >= 15 is 0 Å². The van der Waals surface area contributed by atoms with Crippen LogP contribution in [-0.4, -0.2) is 11.6 Å². The van der Waals surface area contributed by atoms with Crippen LogP contribution >= 0.6 is 0 Å². The van der Waals surface area contributed by atoms with Crippen molar-refractivity contribution in [3.05, 3.63) is 12.2 Å². The van der Waals surface area contributed by atoms with Crippen LogP contribution in [0.25, 0.3) is 0 Å². The van der Waals surface area contributed by atoms with Gasteiger partial charge in [-0.05, 0) is 13.3 Å². The average molecular weight is 140 g/mol. The molecule has 10 heavy (non-hydrogen) atoms. The summed E-state index contributed by atoms with van der Waals surface area (Å²) >= 11 is 0. The van der Waals surface area contributed by atoms with E-state index in [4.69, 9.17) is 0 Å². The van der Waals surface area contributed by atoms with E-state index in [1.165, 1.54) is 6.92 Å². The molecule has 0 atom stereocenters. The van der Waals surface area contributed by atoms with Gasteiger partial charge in [0.05, 0.1) is 0 Å². The number of allylic oxidation sites excluding steroid dienone is 2. The molecule has 0 spiro atoms. The van der Waals surface area contributed by atoms with Gasteiger partial charge in [-0.15, -0.1) is 0 Å². The third kappa shape index (κ3) is 4.01. The first-order valence-electron chi connectivity index (χ1n) is 3.33. The topological polar surface area (TPSA) is 34.1 Å². The Labute approximate surface area is 60.9 Å². The van der Waals surface area contributed by atoms with Crippen LogP contribution in [-0.2, 0) is 9.59 Å². The maximum Gasteiger partial charge on any atom is 0.198 e. The second-order valence-corrected chi connectivity index (χ2v) is 2.09. The van der Waals surface area contributed by atoms with Gasteiger partial charge in [-0.3, -0.25) is 9.59 Å².